The summed E-state index contributed by atoms with van der Waals surface area (Å²) < 4.78 is 37.6. The van der Waals surface area contributed by atoms with Gasteiger partial charge in [0.2, 0.25) is 0 Å². The number of nitrogens with one attached hydrogen (secondary N) is 1. The minimum absolute atomic E-state index is 0.000764. The van der Waals surface area contributed by atoms with Crippen LogP contribution in [0.2, 0.25) is 10.0 Å². The summed E-state index contributed by atoms with van der Waals surface area (Å²) in [5.74, 6) is 0. The minimum atomic E-state index is -4.38. The molecule has 6 heteroatoms. The Balaban J connectivity index is 3.13. The van der Waals surface area contributed by atoms with Crippen LogP contribution in [0.1, 0.15) is 11.6 Å². The molecule has 0 amide bonds. The first-order valence-electron chi connectivity index (χ1n) is 4.05. The molecule has 0 bridgehead atoms. The van der Waals surface area contributed by atoms with Crippen molar-refractivity contribution in [2.75, 3.05) is 7.05 Å². The number of alkyl halides is 3. The van der Waals surface area contributed by atoms with Gasteiger partial charge in [0.05, 0.1) is 0 Å². The average molecular weight is 258 g/mol. The maximum absolute atomic E-state index is 12.5. The minimum Gasteiger partial charge on any atom is -0.305 e. The summed E-state index contributed by atoms with van der Waals surface area (Å²) in [6.07, 6.45) is -4.38. The number of hydrogen-bond acceptors (Lipinski definition) is 1. The summed E-state index contributed by atoms with van der Waals surface area (Å²) in [6.45, 7) is 0. The first kappa shape index (κ1) is 12.6. The molecule has 1 atom stereocenters. The maximum atomic E-state index is 12.5. The lowest BCUT2D eigenvalue weighted by molar-refractivity contribution is -0.156. The fraction of sp³-hybridized carbons (Fsp3) is 0.333. The average Bonchev–Trinajstić information content (AvgIpc) is 2.07. The van der Waals surface area contributed by atoms with Crippen LogP contribution in [0.4, 0.5) is 13.2 Å². The van der Waals surface area contributed by atoms with Gasteiger partial charge in [-0.15, -0.1) is 0 Å². The summed E-state index contributed by atoms with van der Waals surface area (Å²) in [6, 6.07) is 2.15. The highest BCUT2D eigenvalue weighted by Gasteiger charge is 2.40. The molecule has 0 aliphatic heterocycles. The first-order chi connectivity index (χ1) is 6.86. The van der Waals surface area contributed by atoms with E-state index in [4.69, 9.17) is 23.2 Å². The standard InChI is InChI=1S/C9H8Cl2F3N/c1-15-8(9(12,13)14)6-3-2-5(10)4-7(6)11/h2-4,8,15H,1H3. The second-order valence-electron chi connectivity index (χ2n) is 2.93. The third-order valence-electron chi connectivity index (χ3n) is 1.89. The quantitative estimate of drug-likeness (QED) is 0.850. The van der Waals surface area contributed by atoms with Gasteiger partial charge in [-0.2, -0.15) is 13.2 Å². The van der Waals surface area contributed by atoms with Crippen molar-refractivity contribution < 1.29 is 13.2 Å². The predicted octanol–water partition coefficient (Wildman–Crippen LogP) is 3.82. The highest BCUT2D eigenvalue weighted by Crippen LogP contribution is 2.36. The lowest BCUT2D eigenvalue weighted by Gasteiger charge is -2.20. The Morgan fingerprint density at radius 2 is 1.87 bits per heavy atom. The van der Waals surface area contributed by atoms with Gasteiger partial charge in [0.25, 0.3) is 0 Å². The molecule has 0 radical (unpaired) electrons. The van der Waals surface area contributed by atoms with Crippen LogP contribution in [0.15, 0.2) is 18.2 Å². The summed E-state index contributed by atoms with van der Waals surface area (Å²) in [7, 11) is 1.23. The zero-order chi connectivity index (χ0) is 11.6. The van der Waals surface area contributed by atoms with Crippen LogP contribution in [-0.4, -0.2) is 13.2 Å². The van der Waals surface area contributed by atoms with Crippen LogP contribution < -0.4 is 5.32 Å². The lowest BCUT2D eigenvalue weighted by atomic mass is 10.1. The number of rotatable bonds is 2. The Kier molecular flexibility index (Phi) is 3.87. The van der Waals surface area contributed by atoms with Crippen molar-refractivity contribution in [2.24, 2.45) is 0 Å². The lowest BCUT2D eigenvalue weighted by Crippen LogP contribution is -2.31. The highest BCUT2D eigenvalue weighted by molar-refractivity contribution is 6.35. The number of hydrogen-bond donors (Lipinski definition) is 1. The Hall–Kier alpha value is -0.450. The van der Waals surface area contributed by atoms with Gasteiger partial charge in [-0.25, -0.2) is 0 Å². The predicted molar refractivity (Wildman–Crippen MR) is 54.3 cm³/mol. The van der Waals surface area contributed by atoms with Crippen LogP contribution in [-0.2, 0) is 0 Å². The van der Waals surface area contributed by atoms with E-state index in [0.717, 1.165) is 0 Å². The van der Waals surface area contributed by atoms with E-state index in [0.29, 0.717) is 5.02 Å². The van der Waals surface area contributed by atoms with Crippen molar-refractivity contribution in [2.45, 2.75) is 12.2 Å². The van der Waals surface area contributed by atoms with Gasteiger partial charge >= 0.3 is 6.18 Å². The van der Waals surface area contributed by atoms with Crippen molar-refractivity contribution >= 4 is 23.2 Å². The van der Waals surface area contributed by atoms with Gasteiger partial charge in [-0.1, -0.05) is 29.3 Å². The van der Waals surface area contributed by atoms with Crippen LogP contribution in [0, 0.1) is 0 Å². The van der Waals surface area contributed by atoms with Crippen molar-refractivity contribution in [3.05, 3.63) is 33.8 Å². The molecule has 1 nitrogen and oxygen atoms in total. The van der Waals surface area contributed by atoms with Crippen molar-refractivity contribution in [3.8, 4) is 0 Å². The molecule has 15 heavy (non-hydrogen) atoms. The third-order valence-corrected chi connectivity index (χ3v) is 2.45. The fourth-order valence-electron chi connectivity index (χ4n) is 1.23. The van der Waals surface area contributed by atoms with E-state index in [9.17, 15) is 13.2 Å². The van der Waals surface area contributed by atoms with Crippen LogP contribution in [0.25, 0.3) is 0 Å². The molecule has 0 spiro atoms. The molecular weight excluding hydrogens is 250 g/mol. The molecule has 1 N–H and O–H groups in total. The number of benzene rings is 1. The summed E-state index contributed by atoms with van der Waals surface area (Å²) in [5, 5.41) is 2.47. The monoisotopic (exact) mass is 257 g/mol. The number of halogens is 5. The molecular formula is C9H8Cl2F3N. The van der Waals surface area contributed by atoms with Crippen LogP contribution in [0.5, 0.6) is 0 Å². The van der Waals surface area contributed by atoms with Crippen molar-refractivity contribution in [3.63, 3.8) is 0 Å². The molecule has 84 valence electrons. The zero-order valence-electron chi connectivity index (χ0n) is 7.70. The molecule has 1 aromatic rings. The summed E-state index contributed by atoms with van der Waals surface area (Å²) in [5.41, 5.74) is -0.0314. The Morgan fingerprint density at radius 1 is 1.27 bits per heavy atom. The molecule has 0 aromatic heterocycles. The molecule has 0 saturated carbocycles. The maximum Gasteiger partial charge on any atom is 0.407 e. The fourth-order valence-corrected chi connectivity index (χ4v) is 1.75. The molecule has 0 aliphatic rings. The van der Waals surface area contributed by atoms with Gasteiger partial charge in [0.1, 0.15) is 6.04 Å². The molecule has 0 fully saturated rings. The molecule has 1 aromatic carbocycles. The van der Waals surface area contributed by atoms with E-state index in [1.54, 1.807) is 0 Å². The van der Waals surface area contributed by atoms with Crippen molar-refractivity contribution in [1.29, 1.82) is 0 Å². The van der Waals surface area contributed by atoms with Crippen LogP contribution in [0.3, 0.4) is 0 Å². The van der Waals surface area contributed by atoms with E-state index in [-0.39, 0.29) is 10.6 Å². The van der Waals surface area contributed by atoms with E-state index in [1.165, 1.54) is 25.2 Å². The van der Waals surface area contributed by atoms with Gasteiger partial charge in [0.15, 0.2) is 0 Å². The van der Waals surface area contributed by atoms with Gasteiger partial charge in [-0.3, -0.25) is 0 Å². The van der Waals surface area contributed by atoms with E-state index >= 15 is 0 Å². The Labute approximate surface area is 95.2 Å². The molecule has 1 unspecified atom stereocenters. The molecule has 1 rings (SSSR count). The molecule has 0 aliphatic carbocycles. The van der Waals surface area contributed by atoms with Crippen molar-refractivity contribution in [1.82, 2.24) is 5.32 Å². The second kappa shape index (κ2) is 4.60. The Bertz CT molecular complexity index is 352. The van der Waals surface area contributed by atoms with Gasteiger partial charge in [0, 0.05) is 10.0 Å². The van der Waals surface area contributed by atoms with Crippen LogP contribution >= 0.6 is 23.2 Å². The first-order valence-corrected chi connectivity index (χ1v) is 4.80. The van der Waals surface area contributed by atoms with E-state index in [2.05, 4.69) is 5.32 Å². The van der Waals surface area contributed by atoms with E-state index < -0.39 is 12.2 Å². The SMILES string of the molecule is CNC(c1ccc(Cl)cc1Cl)C(F)(F)F. The van der Waals surface area contributed by atoms with Gasteiger partial charge in [-0.05, 0) is 24.7 Å². The molecule has 0 heterocycles. The summed E-state index contributed by atoms with van der Waals surface area (Å²) >= 11 is 11.3. The Morgan fingerprint density at radius 3 is 2.27 bits per heavy atom. The topological polar surface area (TPSA) is 12.0 Å². The highest BCUT2D eigenvalue weighted by atomic mass is 35.5. The smallest absolute Gasteiger partial charge is 0.305 e. The zero-order valence-corrected chi connectivity index (χ0v) is 9.21. The van der Waals surface area contributed by atoms with Gasteiger partial charge < -0.3 is 5.32 Å². The largest absolute Gasteiger partial charge is 0.407 e. The molecule has 0 saturated heterocycles. The normalized spacial score (nSPS) is 14.0. The van der Waals surface area contributed by atoms with E-state index in [1.807, 2.05) is 0 Å². The summed E-state index contributed by atoms with van der Waals surface area (Å²) in [4.78, 5) is 0. The second-order valence-corrected chi connectivity index (χ2v) is 3.77. The third kappa shape index (κ3) is 3.00.